The second-order valence-corrected chi connectivity index (χ2v) is 6.18. The molecule has 20 heavy (non-hydrogen) atoms. The van der Waals surface area contributed by atoms with Crippen LogP contribution in [-0.4, -0.2) is 33.4 Å². The van der Waals surface area contributed by atoms with E-state index in [2.05, 4.69) is 23.7 Å². The van der Waals surface area contributed by atoms with Crippen LogP contribution in [-0.2, 0) is 6.42 Å². The first-order valence-electron chi connectivity index (χ1n) is 7.57. The van der Waals surface area contributed by atoms with Gasteiger partial charge in [0.15, 0.2) is 0 Å². The fourth-order valence-electron chi connectivity index (χ4n) is 3.18. The molecule has 0 aromatic carbocycles. The van der Waals surface area contributed by atoms with Crippen LogP contribution in [0.4, 0.5) is 0 Å². The molecule has 4 nitrogen and oxygen atoms in total. The average molecular weight is 273 g/mol. The summed E-state index contributed by atoms with van der Waals surface area (Å²) in [7, 11) is 0. The second-order valence-electron chi connectivity index (χ2n) is 6.18. The van der Waals surface area contributed by atoms with E-state index in [1.807, 2.05) is 12.3 Å². The second kappa shape index (κ2) is 5.44. The number of fused-ring (bicyclic) bond motifs is 1. The Balaban J connectivity index is 1.68. The van der Waals surface area contributed by atoms with Crippen molar-refractivity contribution < 1.29 is 0 Å². The highest BCUT2D eigenvalue weighted by molar-refractivity contribution is 5.39. The summed E-state index contributed by atoms with van der Waals surface area (Å²) in [4.78, 5) is 17.7. The number of aromatic nitrogens is 2. The molecule has 4 heteroatoms. The molecule has 1 saturated heterocycles. The van der Waals surface area contributed by atoms with Gasteiger partial charge in [0.2, 0.25) is 0 Å². The third kappa shape index (κ3) is 2.66. The van der Waals surface area contributed by atoms with E-state index in [1.54, 1.807) is 16.5 Å². The highest BCUT2D eigenvalue weighted by Gasteiger charge is 2.21. The van der Waals surface area contributed by atoms with Crippen LogP contribution in [0.2, 0.25) is 0 Å². The third-order valence-corrected chi connectivity index (χ3v) is 4.45. The standard InChI is InChI=1S/C16H23N3O/c1-12(2)18-8-6-13(7-9-18)10-14-11-19-15(17-14)4-3-5-16(19)20/h3-5,11-13,17H,6-10H2,1-2H3. The summed E-state index contributed by atoms with van der Waals surface area (Å²) in [5, 5.41) is 0. The summed E-state index contributed by atoms with van der Waals surface area (Å²) < 4.78 is 1.71. The molecule has 0 radical (unpaired) electrons. The van der Waals surface area contributed by atoms with Crippen molar-refractivity contribution >= 4 is 5.65 Å². The van der Waals surface area contributed by atoms with Crippen molar-refractivity contribution in [2.45, 2.75) is 39.2 Å². The summed E-state index contributed by atoms with van der Waals surface area (Å²) in [6.07, 6.45) is 5.52. The van der Waals surface area contributed by atoms with Crippen molar-refractivity contribution in [1.82, 2.24) is 14.3 Å². The van der Waals surface area contributed by atoms with E-state index in [-0.39, 0.29) is 5.56 Å². The molecule has 0 amide bonds. The van der Waals surface area contributed by atoms with E-state index in [0.717, 1.165) is 18.0 Å². The Morgan fingerprint density at radius 1 is 1.30 bits per heavy atom. The monoisotopic (exact) mass is 273 g/mol. The normalized spacial score (nSPS) is 18.1. The average Bonchev–Trinajstić information content (AvgIpc) is 2.83. The van der Waals surface area contributed by atoms with Crippen molar-refractivity contribution in [1.29, 1.82) is 0 Å². The Hall–Kier alpha value is -1.55. The number of likely N-dealkylation sites (tertiary alicyclic amines) is 1. The molecule has 1 aliphatic rings. The van der Waals surface area contributed by atoms with Gasteiger partial charge in [-0.1, -0.05) is 6.07 Å². The topological polar surface area (TPSA) is 40.5 Å². The quantitative estimate of drug-likeness (QED) is 0.932. The number of aromatic amines is 1. The van der Waals surface area contributed by atoms with Crippen LogP contribution < -0.4 is 5.56 Å². The molecule has 0 spiro atoms. The summed E-state index contributed by atoms with van der Waals surface area (Å²) in [5.41, 5.74) is 2.11. The number of piperidine rings is 1. The molecule has 0 unspecified atom stereocenters. The highest BCUT2D eigenvalue weighted by Crippen LogP contribution is 2.22. The van der Waals surface area contributed by atoms with Gasteiger partial charge in [-0.15, -0.1) is 0 Å². The summed E-state index contributed by atoms with van der Waals surface area (Å²) >= 11 is 0. The molecule has 3 heterocycles. The van der Waals surface area contributed by atoms with Gasteiger partial charge in [-0.2, -0.15) is 0 Å². The van der Waals surface area contributed by atoms with Gasteiger partial charge in [0, 0.05) is 24.0 Å². The molecule has 2 aromatic heterocycles. The third-order valence-electron chi connectivity index (χ3n) is 4.45. The molecule has 0 aliphatic carbocycles. The van der Waals surface area contributed by atoms with Crippen molar-refractivity contribution in [3.63, 3.8) is 0 Å². The van der Waals surface area contributed by atoms with Crippen molar-refractivity contribution in [2.24, 2.45) is 5.92 Å². The van der Waals surface area contributed by atoms with Crippen LogP contribution in [0, 0.1) is 5.92 Å². The van der Waals surface area contributed by atoms with Gasteiger partial charge < -0.3 is 9.88 Å². The number of hydrogen-bond donors (Lipinski definition) is 1. The zero-order valence-corrected chi connectivity index (χ0v) is 12.3. The number of pyridine rings is 1. The first kappa shape index (κ1) is 13.4. The van der Waals surface area contributed by atoms with Crippen molar-refractivity contribution in [3.05, 3.63) is 40.4 Å². The van der Waals surface area contributed by atoms with E-state index in [4.69, 9.17) is 0 Å². The van der Waals surface area contributed by atoms with Crippen LogP contribution in [0.15, 0.2) is 29.2 Å². The van der Waals surface area contributed by atoms with Crippen molar-refractivity contribution in [3.8, 4) is 0 Å². The van der Waals surface area contributed by atoms with Gasteiger partial charge in [0.1, 0.15) is 5.65 Å². The molecular weight excluding hydrogens is 250 g/mol. The van der Waals surface area contributed by atoms with Crippen LogP contribution in [0.5, 0.6) is 0 Å². The van der Waals surface area contributed by atoms with Gasteiger partial charge in [0.25, 0.3) is 5.56 Å². The van der Waals surface area contributed by atoms with Gasteiger partial charge in [-0.25, -0.2) is 0 Å². The zero-order valence-electron chi connectivity index (χ0n) is 12.3. The number of nitrogens with zero attached hydrogens (tertiary/aromatic N) is 2. The minimum absolute atomic E-state index is 0.0413. The molecule has 0 bridgehead atoms. The number of H-pyrrole nitrogens is 1. The Labute approximate surface area is 119 Å². The highest BCUT2D eigenvalue weighted by atomic mass is 16.1. The Bertz CT molecular complexity index is 632. The molecule has 1 N–H and O–H groups in total. The summed E-state index contributed by atoms with van der Waals surface area (Å²) in [6.45, 7) is 6.93. The van der Waals surface area contributed by atoms with Crippen LogP contribution >= 0.6 is 0 Å². The predicted molar refractivity (Wildman–Crippen MR) is 81.2 cm³/mol. The SMILES string of the molecule is CC(C)N1CCC(Cc2cn3c(=O)cccc3[nH]2)CC1. The Morgan fingerprint density at radius 2 is 2.05 bits per heavy atom. The van der Waals surface area contributed by atoms with Crippen LogP contribution in [0.25, 0.3) is 5.65 Å². The number of nitrogens with one attached hydrogen (secondary N) is 1. The lowest BCUT2D eigenvalue weighted by atomic mass is 9.92. The maximum atomic E-state index is 11.7. The number of hydrogen-bond acceptors (Lipinski definition) is 2. The summed E-state index contributed by atoms with van der Waals surface area (Å²) in [5.74, 6) is 0.730. The van der Waals surface area contributed by atoms with Gasteiger partial charge >= 0.3 is 0 Å². The summed E-state index contributed by atoms with van der Waals surface area (Å²) in [6, 6.07) is 6.01. The smallest absolute Gasteiger partial charge is 0.256 e. The number of rotatable bonds is 3. The molecule has 1 aliphatic heterocycles. The molecule has 0 atom stereocenters. The maximum Gasteiger partial charge on any atom is 0.256 e. The molecule has 2 aromatic rings. The first-order valence-corrected chi connectivity index (χ1v) is 7.57. The minimum Gasteiger partial charge on any atom is -0.343 e. The fourth-order valence-corrected chi connectivity index (χ4v) is 3.18. The van der Waals surface area contributed by atoms with Gasteiger partial charge in [-0.3, -0.25) is 9.20 Å². The molecule has 3 rings (SSSR count). The largest absolute Gasteiger partial charge is 0.343 e. The van der Waals surface area contributed by atoms with Crippen LogP contribution in [0.1, 0.15) is 32.4 Å². The lowest BCUT2D eigenvalue weighted by Gasteiger charge is -2.34. The molecule has 0 saturated carbocycles. The van der Waals surface area contributed by atoms with Gasteiger partial charge in [0.05, 0.1) is 0 Å². The number of imidazole rings is 1. The van der Waals surface area contributed by atoms with Gasteiger partial charge in [-0.05, 0) is 58.2 Å². The van der Waals surface area contributed by atoms with Crippen LogP contribution in [0.3, 0.4) is 0 Å². The lowest BCUT2D eigenvalue weighted by Crippen LogP contribution is -2.38. The molecule has 108 valence electrons. The zero-order chi connectivity index (χ0) is 14.1. The first-order chi connectivity index (χ1) is 9.63. The van der Waals surface area contributed by atoms with E-state index in [1.165, 1.54) is 31.6 Å². The van der Waals surface area contributed by atoms with E-state index in [9.17, 15) is 4.79 Å². The molecular formula is C16H23N3O. The Kier molecular flexibility index (Phi) is 3.66. The molecule has 1 fully saturated rings. The van der Waals surface area contributed by atoms with E-state index >= 15 is 0 Å². The van der Waals surface area contributed by atoms with E-state index < -0.39 is 0 Å². The maximum absolute atomic E-state index is 11.7. The minimum atomic E-state index is 0.0413. The lowest BCUT2D eigenvalue weighted by molar-refractivity contribution is 0.149. The van der Waals surface area contributed by atoms with Crippen molar-refractivity contribution in [2.75, 3.05) is 13.1 Å². The Morgan fingerprint density at radius 3 is 2.70 bits per heavy atom. The fraction of sp³-hybridized carbons (Fsp3) is 0.562. The van der Waals surface area contributed by atoms with E-state index in [0.29, 0.717) is 6.04 Å². The predicted octanol–water partition coefficient (Wildman–Crippen LogP) is 2.29.